The highest BCUT2D eigenvalue weighted by atomic mass is 16.2. The van der Waals surface area contributed by atoms with Gasteiger partial charge in [0, 0.05) is 13.1 Å². The molecule has 0 saturated heterocycles. The van der Waals surface area contributed by atoms with Crippen molar-refractivity contribution in [3.63, 3.8) is 0 Å². The first-order valence-corrected chi connectivity index (χ1v) is 7.52. The van der Waals surface area contributed by atoms with Gasteiger partial charge in [-0.15, -0.1) is 0 Å². The maximum absolute atomic E-state index is 12.8. The molecule has 0 bridgehead atoms. The van der Waals surface area contributed by atoms with E-state index in [9.17, 15) is 10.1 Å². The molecule has 0 aliphatic heterocycles. The number of hydrogen-bond acceptors (Lipinski definition) is 2. The van der Waals surface area contributed by atoms with E-state index >= 15 is 0 Å². The third-order valence-corrected chi connectivity index (χ3v) is 4.09. The fourth-order valence-electron chi connectivity index (χ4n) is 2.61. The standard InChI is InChI=1S/C19H18N2O/c20-15-19(11-12-19)18(22)21(13-16-7-3-1-4-8-16)14-17-9-5-2-6-10-17/h1-10H,11-14H2. The molecule has 2 aromatic carbocycles. The summed E-state index contributed by atoms with van der Waals surface area (Å²) in [5.74, 6) is -0.0392. The summed E-state index contributed by atoms with van der Waals surface area (Å²) in [4.78, 5) is 14.6. The molecule has 1 saturated carbocycles. The topological polar surface area (TPSA) is 44.1 Å². The number of rotatable bonds is 5. The first-order chi connectivity index (χ1) is 10.7. The summed E-state index contributed by atoms with van der Waals surface area (Å²) in [6.07, 6.45) is 1.37. The van der Waals surface area contributed by atoms with Crippen molar-refractivity contribution < 1.29 is 4.79 Å². The Bertz CT molecular complexity index is 643. The van der Waals surface area contributed by atoms with Crippen molar-refractivity contribution in [3.05, 3.63) is 71.8 Å². The van der Waals surface area contributed by atoms with Crippen LogP contribution in [0.1, 0.15) is 24.0 Å². The van der Waals surface area contributed by atoms with Gasteiger partial charge in [0.05, 0.1) is 6.07 Å². The van der Waals surface area contributed by atoms with Crippen molar-refractivity contribution in [2.24, 2.45) is 5.41 Å². The van der Waals surface area contributed by atoms with Gasteiger partial charge in [0.2, 0.25) is 5.91 Å². The molecule has 110 valence electrons. The zero-order valence-electron chi connectivity index (χ0n) is 12.4. The molecule has 0 spiro atoms. The Morgan fingerprint density at radius 3 is 1.77 bits per heavy atom. The fourth-order valence-corrected chi connectivity index (χ4v) is 2.61. The van der Waals surface area contributed by atoms with Crippen molar-refractivity contribution in [1.82, 2.24) is 4.90 Å². The lowest BCUT2D eigenvalue weighted by molar-refractivity contribution is -0.136. The van der Waals surface area contributed by atoms with E-state index in [2.05, 4.69) is 6.07 Å². The lowest BCUT2D eigenvalue weighted by atomic mass is 10.1. The monoisotopic (exact) mass is 290 g/mol. The van der Waals surface area contributed by atoms with Gasteiger partial charge < -0.3 is 4.90 Å². The molecule has 0 aromatic heterocycles. The Labute approximate surface area is 130 Å². The van der Waals surface area contributed by atoms with Crippen LogP contribution in [0.15, 0.2) is 60.7 Å². The predicted molar refractivity (Wildman–Crippen MR) is 84.4 cm³/mol. The van der Waals surface area contributed by atoms with Crippen LogP contribution in [-0.4, -0.2) is 10.8 Å². The third-order valence-electron chi connectivity index (χ3n) is 4.09. The number of carbonyl (C=O) groups excluding carboxylic acids is 1. The number of nitrogens with zero attached hydrogens (tertiary/aromatic N) is 2. The minimum absolute atomic E-state index is 0.0392. The van der Waals surface area contributed by atoms with Crippen molar-refractivity contribution >= 4 is 5.91 Å². The second-order valence-corrected chi connectivity index (χ2v) is 5.83. The maximum atomic E-state index is 12.8. The predicted octanol–water partition coefficient (Wildman–Crippen LogP) is 3.52. The molecular formula is C19H18N2O. The molecule has 3 rings (SSSR count). The average molecular weight is 290 g/mol. The van der Waals surface area contributed by atoms with Crippen LogP contribution in [0.2, 0.25) is 0 Å². The normalized spacial score (nSPS) is 14.9. The minimum Gasteiger partial charge on any atom is -0.333 e. The Morgan fingerprint density at radius 2 is 1.41 bits per heavy atom. The van der Waals surface area contributed by atoms with Gasteiger partial charge in [0.1, 0.15) is 5.41 Å². The summed E-state index contributed by atoms with van der Waals surface area (Å²) in [5.41, 5.74) is 1.39. The molecular weight excluding hydrogens is 272 g/mol. The number of benzene rings is 2. The Morgan fingerprint density at radius 1 is 0.955 bits per heavy atom. The van der Waals surface area contributed by atoms with Crippen LogP contribution in [-0.2, 0) is 17.9 Å². The first kappa shape index (κ1) is 14.3. The van der Waals surface area contributed by atoms with E-state index in [-0.39, 0.29) is 5.91 Å². The van der Waals surface area contributed by atoms with Gasteiger partial charge in [0.15, 0.2) is 0 Å². The molecule has 0 unspecified atom stereocenters. The molecule has 2 aromatic rings. The zero-order valence-corrected chi connectivity index (χ0v) is 12.4. The Balaban J connectivity index is 1.82. The summed E-state index contributed by atoms with van der Waals surface area (Å²) in [6.45, 7) is 1.08. The average Bonchev–Trinajstić information content (AvgIpc) is 3.37. The van der Waals surface area contributed by atoms with Crippen LogP contribution in [0.5, 0.6) is 0 Å². The van der Waals surface area contributed by atoms with Crippen molar-refractivity contribution in [3.8, 4) is 6.07 Å². The van der Waals surface area contributed by atoms with Crippen LogP contribution < -0.4 is 0 Å². The fraction of sp³-hybridized carbons (Fsp3) is 0.263. The van der Waals surface area contributed by atoms with Gasteiger partial charge >= 0.3 is 0 Å². The van der Waals surface area contributed by atoms with Crippen LogP contribution in [0.3, 0.4) is 0 Å². The molecule has 1 amide bonds. The van der Waals surface area contributed by atoms with Crippen LogP contribution in [0.25, 0.3) is 0 Å². The SMILES string of the molecule is N#CC1(C(=O)N(Cc2ccccc2)Cc2ccccc2)CC1. The van der Waals surface area contributed by atoms with Gasteiger partial charge in [-0.3, -0.25) is 4.79 Å². The number of amides is 1. The first-order valence-electron chi connectivity index (χ1n) is 7.52. The van der Waals surface area contributed by atoms with Crippen LogP contribution >= 0.6 is 0 Å². The molecule has 0 heterocycles. The third kappa shape index (κ3) is 3.01. The molecule has 0 atom stereocenters. The zero-order chi connectivity index (χ0) is 15.4. The van der Waals surface area contributed by atoms with Crippen molar-refractivity contribution in [1.29, 1.82) is 5.26 Å². The highest BCUT2D eigenvalue weighted by Gasteiger charge is 2.52. The molecule has 0 N–H and O–H groups in total. The quantitative estimate of drug-likeness (QED) is 0.845. The Hall–Kier alpha value is -2.60. The van der Waals surface area contributed by atoms with Gasteiger partial charge in [-0.1, -0.05) is 60.7 Å². The Kier molecular flexibility index (Phi) is 3.93. The molecule has 3 heteroatoms. The van der Waals surface area contributed by atoms with Gasteiger partial charge in [-0.2, -0.15) is 5.26 Å². The van der Waals surface area contributed by atoms with Crippen molar-refractivity contribution in [2.45, 2.75) is 25.9 Å². The highest BCUT2D eigenvalue weighted by Crippen LogP contribution is 2.46. The van der Waals surface area contributed by atoms with Crippen molar-refractivity contribution in [2.75, 3.05) is 0 Å². The summed E-state index contributed by atoms with van der Waals surface area (Å²) in [7, 11) is 0. The second-order valence-electron chi connectivity index (χ2n) is 5.83. The highest BCUT2D eigenvalue weighted by molar-refractivity contribution is 5.88. The van der Waals surface area contributed by atoms with E-state index in [1.807, 2.05) is 60.7 Å². The van der Waals surface area contributed by atoms with Gasteiger partial charge in [-0.05, 0) is 24.0 Å². The number of carbonyl (C=O) groups is 1. The van der Waals surface area contributed by atoms with E-state index in [4.69, 9.17) is 0 Å². The molecule has 1 fully saturated rings. The largest absolute Gasteiger partial charge is 0.333 e. The summed E-state index contributed by atoms with van der Waals surface area (Å²) in [6, 6.07) is 22.1. The van der Waals surface area contributed by atoms with Gasteiger partial charge in [-0.25, -0.2) is 0 Å². The molecule has 22 heavy (non-hydrogen) atoms. The smallest absolute Gasteiger partial charge is 0.243 e. The van der Waals surface area contributed by atoms with E-state index in [1.165, 1.54) is 0 Å². The lowest BCUT2D eigenvalue weighted by Crippen LogP contribution is -2.35. The minimum atomic E-state index is -0.774. The van der Waals surface area contributed by atoms with E-state index in [1.54, 1.807) is 4.90 Å². The maximum Gasteiger partial charge on any atom is 0.243 e. The molecule has 3 nitrogen and oxygen atoms in total. The van der Waals surface area contributed by atoms with Crippen LogP contribution in [0.4, 0.5) is 0 Å². The van der Waals surface area contributed by atoms with Crippen LogP contribution in [0, 0.1) is 16.7 Å². The lowest BCUT2D eigenvalue weighted by Gasteiger charge is -2.25. The van der Waals surface area contributed by atoms with E-state index < -0.39 is 5.41 Å². The van der Waals surface area contributed by atoms with Gasteiger partial charge in [0.25, 0.3) is 0 Å². The molecule has 0 radical (unpaired) electrons. The number of hydrogen-bond donors (Lipinski definition) is 0. The molecule has 1 aliphatic carbocycles. The number of nitriles is 1. The summed E-state index contributed by atoms with van der Waals surface area (Å²) < 4.78 is 0. The van der Waals surface area contributed by atoms with E-state index in [0.29, 0.717) is 25.9 Å². The summed E-state index contributed by atoms with van der Waals surface area (Å²) >= 11 is 0. The second kappa shape index (κ2) is 6.03. The molecule has 1 aliphatic rings. The van der Waals surface area contributed by atoms with E-state index in [0.717, 1.165) is 11.1 Å². The summed E-state index contributed by atoms with van der Waals surface area (Å²) in [5, 5.41) is 9.31.